The molecule has 2 aromatic rings. The standard InChI is InChI=1S/C16H16O3/c1-18-16-10-6-5-9-14(16)15(17)11-12-19-13-7-3-2-4-8-13/h2-10H,11-12H2,1H3. The fourth-order valence-electron chi connectivity index (χ4n) is 1.79. The first-order chi connectivity index (χ1) is 9.31. The molecule has 0 atom stereocenters. The van der Waals surface area contributed by atoms with Gasteiger partial charge in [0.2, 0.25) is 0 Å². The number of hydrogen-bond donors (Lipinski definition) is 0. The van der Waals surface area contributed by atoms with Gasteiger partial charge in [0.15, 0.2) is 5.78 Å². The number of rotatable bonds is 6. The molecule has 0 aliphatic carbocycles. The van der Waals surface area contributed by atoms with Crippen LogP contribution in [0.1, 0.15) is 16.8 Å². The largest absolute Gasteiger partial charge is 0.496 e. The predicted molar refractivity (Wildman–Crippen MR) is 73.9 cm³/mol. The van der Waals surface area contributed by atoms with Gasteiger partial charge in [0.05, 0.1) is 19.3 Å². The fraction of sp³-hybridized carbons (Fsp3) is 0.188. The minimum Gasteiger partial charge on any atom is -0.496 e. The van der Waals surface area contributed by atoms with Gasteiger partial charge in [0, 0.05) is 6.42 Å². The quantitative estimate of drug-likeness (QED) is 0.743. The van der Waals surface area contributed by atoms with E-state index in [9.17, 15) is 4.79 Å². The lowest BCUT2D eigenvalue weighted by Crippen LogP contribution is -2.08. The molecule has 0 saturated heterocycles. The number of carbonyl (C=O) groups excluding carboxylic acids is 1. The lowest BCUT2D eigenvalue weighted by molar-refractivity contribution is 0.0959. The Bertz CT molecular complexity index is 535. The van der Waals surface area contributed by atoms with Crippen molar-refractivity contribution in [2.75, 3.05) is 13.7 Å². The number of carbonyl (C=O) groups is 1. The molecule has 0 fully saturated rings. The lowest BCUT2D eigenvalue weighted by Gasteiger charge is -2.08. The third-order valence-corrected chi connectivity index (χ3v) is 2.75. The first-order valence-corrected chi connectivity index (χ1v) is 6.15. The molecule has 19 heavy (non-hydrogen) atoms. The first-order valence-electron chi connectivity index (χ1n) is 6.15. The Balaban J connectivity index is 1.91. The van der Waals surface area contributed by atoms with Crippen LogP contribution in [0.15, 0.2) is 54.6 Å². The van der Waals surface area contributed by atoms with E-state index in [1.165, 1.54) is 0 Å². The normalized spacial score (nSPS) is 9.95. The van der Waals surface area contributed by atoms with E-state index in [0.29, 0.717) is 24.3 Å². The second-order valence-electron chi connectivity index (χ2n) is 4.03. The Hall–Kier alpha value is -2.29. The molecule has 0 N–H and O–H groups in total. The molecule has 0 aromatic heterocycles. The Morgan fingerprint density at radius 2 is 1.68 bits per heavy atom. The topological polar surface area (TPSA) is 35.5 Å². The van der Waals surface area contributed by atoms with Gasteiger partial charge < -0.3 is 9.47 Å². The molecule has 0 heterocycles. The Morgan fingerprint density at radius 1 is 1.00 bits per heavy atom. The van der Waals surface area contributed by atoms with Gasteiger partial charge in [-0.25, -0.2) is 0 Å². The molecule has 0 unspecified atom stereocenters. The van der Waals surface area contributed by atoms with Crippen molar-refractivity contribution in [1.29, 1.82) is 0 Å². The molecule has 0 aliphatic heterocycles. The molecule has 0 amide bonds. The van der Waals surface area contributed by atoms with Gasteiger partial charge in [-0.2, -0.15) is 0 Å². The summed E-state index contributed by atoms with van der Waals surface area (Å²) < 4.78 is 10.7. The molecular formula is C16H16O3. The predicted octanol–water partition coefficient (Wildman–Crippen LogP) is 3.35. The maximum Gasteiger partial charge on any atom is 0.169 e. The average Bonchev–Trinajstić information content (AvgIpc) is 2.48. The Morgan fingerprint density at radius 3 is 2.42 bits per heavy atom. The third-order valence-electron chi connectivity index (χ3n) is 2.75. The van der Waals surface area contributed by atoms with Crippen LogP contribution in [0.5, 0.6) is 11.5 Å². The summed E-state index contributed by atoms with van der Waals surface area (Å²) in [6.45, 7) is 0.362. The average molecular weight is 256 g/mol. The van der Waals surface area contributed by atoms with Crippen LogP contribution < -0.4 is 9.47 Å². The monoisotopic (exact) mass is 256 g/mol. The summed E-state index contributed by atoms with van der Waals surface area (Å²) in [6, 6.07) is 16.7. The molecule has 3 nitrogen and oxygen atoms in total. The van der Waals surface area contributed by atoms with Crippen molar-refractivity contribution in [2.24, 2.45) is 0 Å². The van der Waals surface area contributed by atoms with E-state index in [2.05, 4.69) is 0 Å². The highest BCUT2D eigenvalue weighted by molar-refractivity contribution is 5.98. The Kier molecular flexibility index (Phi) is 4.56. The van der Waals surface area contributed by atoms with Crippen LogP contribution in [0.4, 0.5) is 0 Å². The number of benzene rings is 2. The molecule has 0 bridgehead atoms. The summed E-state index contributed by atoms with van der Waals surface area (Å²) >= 11 is 0. The zero-order valence-corrected chi connectivity index (χ0v) is 10.8. The summed E-state index contributed by atoms with van der Waals surface area (Å²) in [4.78, 5) is 12.1. The molecule has 0 aliphatic rings. The van der Waals surface area contributed by atoms with Crippen molar-refractivity contribution in [3.63, 3.8) is 0 Å². The third kappa shape index (κ3) is 3.58. The fourth-order valence-corrected chi connectivity index (χ4v) is 1.79. The van der Waals surface area contributed by atoms with Crippen LogP contribution in [0, 0.1) is 0 Å². The smallest absolute Gasteiger partial charge is 0.169 e. The Labute approximate surface area is 112 Å². The zero-order chi connectivity index (χ0) is 13.5. The lowest BCUT2D eigenvalue weighted by atomic mass is 10.1. The van der Waals surface area contributed by atoms with E-state index in [4.69, 9.17) is 9.47 Å². The van der Waals surface area contributed by atoms with Crippen LogP contribution >= 0.6 is 0 Å². The first kappa shape index (κ1) is 13.1. The summed E-state index contributed by atoms with van der Waals surface area (Å²) in [5.74, 6) is 1.40. The molecule has 2 rings (SSSR count). The molecule has 0 radical (unpaired) electrons. The SMILES string of the molecule is COc1ccccc1C(=O)CCOc1ccccc1. The van der Waals surface area contributed by atoms with E-state index in [1.807, 2.05) is 42.5 Å². The summed E-state index contributed by atoms with van der Waals surface area (Å²) in [5.41, 5.74) is 0.599. The highest BCUT2D eigenvalue weighted by atomic mass is 16.5. The molecule has 3 heteroatoms. The van der Waals surface area contributed by atoms with Crippen LogP contribution in [-0.2, 0) is 0 Å². The minimum absolute atomic E-state index is 0.0216. The van der Waals surface area contributed by atoms with Crippen LogP contribution in [-0.4, -0.2) is 19.5 Å². The maximum atomic E-state index is 12.1. The molecule has 0 spiro atoms. The molecular weight excluding hydrogens is 240 g/mol. The van der Waals surface area contributed by atoms with Crippen molar-refractivity contribution in [3.05, 3.63) is 60.2 Å². The number of methoxy groups -OCH3 is 1. The second-order valence-corrected chi connectivity index (χ2v) is 4.03. The minimum atomic E-state index is 0.0216. The highest BCUT2D eigenvalue weighted by Crippen LogP contribution is 2.19. The van der Waals surface area contributed by atoms with Gasteiger partial charge >= 0.3 is 0 Å². The summed E-state index contributed by atoms with van der Waals surface area (Å²) in [6.07, 6.45) is 0.329. The van der Waals surface area contributed by atoms with E-state index in [0.717, 1.165) is 5.75 Å². The van der Waals surface area contributed by atoms with E-state index in [1.54, 1.807) is 19.2 Å². The van der Waals surface area contributed by atoms with E-state index in [-0.39, 0.29) is 5.78 Å². The maximum absolute atomic E-state index is 12.1. The number of hydrogen-bond acceptors (Lipinski definition) is 3. The summed E-state index contributed by atoms with van der Waals surface area (Å²) in [5, 5.41) is 0. The highest BCUT2D eigenvalue weighted by Gasteiger charge is 2.11. The molecule has 0 saturated carbocycles. The van der Waals surface area contributed by atoms with Crippen molar-refractivity contribution in [3.8, 4) is 11.5 Å². The molecule has 2 aromatic carbocycles. The summed E-state index contributed by atoms with van der Waals surface area (Å²) in [7, 11) is 1.56. The van der Waals surface area contributed by atoms with Gasteiger partial charge in [-0.05, 0) is 24.3 Å². The van der Waals surface area contributed by atoms with Gasteiger partial charge in [-0.3, -0.25) is 4.79 Å². The van der Waals surface area contributed by atoms with Crippen molar-refractivity contribution < 1.29 is 14.3 Å². The zero-order valence-electron chi connectivity index (χ0n) is 10.8. The number of ketones is 1. The van der Waals surface area contributed by atoms with Crippen molar-refractivity contribution >= 4 is 5.78 Å². The molecule has 98 valence electrons. The second kappa shape index (κ2) is 6.59. The van der Waals surface area contributed by atoms with Gasteiger partial charge in [-0.1, -0.05) is 30.3 Å². The van der Waals surface area contributed by atoms with Gasteiger partial charge in [0.1, 0.15) is 11.5 Å². The number of Topliss-reactive ketones (excluding diaryl/α,β-unsaturated/α-hetero) is 1. The van der Waals surface area contributed by atoms with Crippen molar-refractivity contribution in [2.45, 2.75) is 6.42 Å². The van der Waals surface area contributed by atoms with E-state index < -0.39 is 0 Å². The number of ether oxygens (including phenoxy) is 2. The van der Waals surface area contributed by atoms with Crippen LogP contribution in [0.3, 0.4) is 0 Å². The van der Waals surface area contributed by atoms with Crippen LogP contribution in [0.25, 0.3) is 0 Å². The van der Waals surface area contributed by atoms with Crippen LogP contribution in [0.2, 0.25) is 0 Å². The van der Waals surface area contributed by atoms with Gasteiger partial charge in [0.25, 0.3) is 0 Å². The van der Waals surface area contributed by atoms with Crippen molar-refractivity contribution in [1.82, 2.24) is 0 Å². The van der Waals surface area contributed by atoms with Gasteiger partial charge in [-0.15, -0.1) is 0 Å². The number of para-hydroxylation sites is 2. The van der Waals surface area contributed by atoms with E-state index >= 15 is 0 Å².